The van der Waals surface area contributed by atoms with Gasteiger partial charge in [0.1, 0.15) is 5.70 Å². The van der Waals surface area contributed by atoms with Crippen molar-refractivity contribution < 1.29 is 0 Å². The fraction of sp³-hybridized carbons (Fsp3) is 0. The van der Waals surface area contributed by atoms with Crippen molar-refractivity contribution in [1.29, 1.82) is 0 Å². The Morgan fingerprint density at radius 2 is 2.17 bits per heavy atom. The summed E-state index contributed by atoms with van der Waals surface area (Å²) in [6, 6.07) is 5.60. The van der Waals surface area contributed by atoms with Crippen LogP contribution in [0.3, 0.4) is 0 Å². The van der Waals surface area contributed by atoms with Crippen LogP contribution in [-0.4, -0.2) is 10.2 Å². The molecule has 0 atom stereocenters. The fourth-order valence-corrected chi connectivity index (χ4v) is 1.05. The van der Waals surface area contributed by atoms with Gasteiger partial charge in [-0.2, -0.15) is 0 Å². The van der Waals surface area contributed by atoms with Gasteiger partial charge >= 0.3 is 0 Å². The van der Waals surface area contributed by atoms with Gasteiger partial charge in [-0.1, -0.05) is 17.7 Å². The minimum absolute atomic E-state index is 0.399. The lowest BCUT2D eigenvalue weighted by Gasteiger charge is -1.95. The van der Waals surface area contributed by atoms with E-state index in [1.807, 2.05) is 18.2 Å². The van der Waals surface area contributed by atoms with E-state index in [1.165, 1.54) is 0 Å². The third-order valence-corrected chi connectivity index (χ3v) is 1.62. The molecule has 0 unspecified atom stereocenters. The molecular formula is C8H5ClN3. The first kappa shape index (κ1) is 7.31. The highest BCUT2D eigenvalue weighted by molar-refractivity contribution is 6.69. The summed E-state index contributed by atoms with van der Waals surface area (Å²) in [5.74, 6) is 0. The topological polar surface area (TPSA) is 39.4 Å². The zero-order chi connectivity index (χ0) is 8.39. The van der Waals surface area contributed by atoms with Crippen LogP contribution in [0.15, 0.2) is 35.6 Å². The van der Waals surface area contributed by atoms with Gasteiger partial charge in [0.25, 0.3) is 0 Å². The minimum atomic E-state index is 0.399. The molecule has 4 heteroatoms. The molecule has 1 radical (unpaired) electrons. The molecule has 0 amide bonds. The molecule has 1 aromatic heterocycles. The summed E-state index contributed by atoms with van der Waals surface area (Å²) in [6.07, 6.45) is 3.39. The zero-order valence-electron chi connectivity index (χ0n) is 6.11. The Morgan fingerprint density at radius 1 is 1.25 bits per heavy atom. The fourth-order valence-electron chi connectivity index (χ4n) is 0.912. The molecule has 0 saturated heterocycles. The van der Waals surface area contributed by atoms with Crippen LogP contribution >= 0.6 is 11.6 Å². The Labute approximate surface area is 74.8 Å². The highest BCUT2D eigenvalue weighted by atomic mass is 35.5. The van der Waals surface area contributed by atoms with E-state index in [4.69, 9.17) is 11.6 Å². The first-order chi connectivity index (χ1) is 5.86. The molecule has 1 aliphatic heterocycles. The van der Waals surface area contributed by atoms with E-state index in [0.717, 1.165) is 5.69 Å². The van der Waals surface area contributed by atoms with Gasteiger partial charge in [-0.05, 0) is 12.1 Å². The van der Waals surface area contributed by atoms with E-state index in [-0.39, 0.29) is 0 Å². The van der Waals surface area contributed by atoms with Crippen LogP contribution < -0.4 is 5.43 Å². The maximum Gasteiger partial charge on any atom is 0.153 e. The normalized spacial score (nSPS) is 15.1. The maximum atomic E-state index is 5.61. The number of hydrogen-bond acceptors (Lipinski definition) is 2. The highest BCUT2D eigenvalue weighted by Gasteiger charge is 2.10. The van der Waals surface area contributed by atoms with Crippen molar-refractivity contribution in [1.82, 2.24) is 10.4 Å². The van der Waals surface area contributed by atoms with Gasteiger partial charge in [-0.25, -0.2) is 0 Å². The second kappa shape index (κ2) is 2.95. The van der Waals surface area contributed by atoms with E-state index in [9.17, 15) is 0 Å². The van der Waals surface area contributed by atoms with Gasteiger partial charge in [-0.15, -0.1) is 10.5 Å². The summed E-state index contributed by atoms with van der Waals surface area (Å²) in [7, 11) is 0. The molecule has 59 valence electrons. The van der Waals surface area contributed by atoms with E-state index >= 15 is 0 Å². The van der Waals surface area contributed by atoms with Crippen LogP contribution in [0.5, 0.6) is 0 Å². The van der Waals surface area contributed by atoms with Gasteiger partial charge < -0.3 is 0 Å². The summed E-state index contributed by atoms with van der Waals surface area (Å²) in [5, 5.41) is 4.07. The average Bonchev–Trinajstić information content (AvgIpc) is 2.54. The maximum absolute atomic E-state index is 5.61. The van der Waals surface area contributed by atoms with E-state index < -0.39 is 0 Å². The van der Waals surface area contributed by atoms with Gasteiger partial charge in [0.15, 0.2) is 5.17 Å². The molecular weight excluding hydrogens is 174 g/mol. The van der Waals surface area contributed by atoms with Crippen LogP contribution in [-0.2, 0) is 0 Å². The smallest absolute Gasteiger partial charge is 0.153 e. The molecule has 0 fully saturated rings. The number of nitrogens with zero attached hydrogens (tertiary/aromatic N) is 3. The molecule has 3 nitrogen and oxygen atoms in total. The van der Waals surface area contributed by atoms with Crippen LogP contribution in [0.25, 0.3) is 5.70 Å². The van der Waals surface area contributed by atoms with Gasteiger partial charge in [-0.3, -0.25) is 4.98 Å². The molecule has 0 spiro atoms. The van der Waals surface area contributed by atoms with Crippen molar-refractivity contribution in [2.24, 2.45) is 5.10 Å². The molecule has 12 heavy (non-hydrogen) atoms. The minimum Gasteiger partial charge on any atom is -0.255 e. The van der Waals surface area contributed by atoms with Crippen LogP contribution in [0.1, 0.15) is 5.69 Å². The predicted octanol–water partition coefficient (Wildman–Crippen LogP) is 1.59. The predicted molar refractivity (Wildman–Crippen MR) is 47.6 cm³/mol. The van der Waals surface area contributed by atoms with Crippen molar-refractivity contribution in [3.63, 3.8) is 0 Å². The molecule has 0 aromatic carbocycles. The molecule has 2 heterocycles. The number of aromatic nitrogens is 1. The van der Waals surface area contributed by atoms with Crippen LogP contribution in [0.4, 0.5) is 0 Å². The average molecular weight is 179 g/mol. The largest absolute Gasteiger partial charge is 0.255 e. The number of allylic oxidation sites excluding steroid dienone is 1. The van der Waals surface area contributed by atoms with Crippen molar-refractivity contribution in [2.45, 2.75) is 0 Å². The summed E-state index contributed by atoms with van der Waals surface area (Å²) < 4.78 is 0. The van der Waals surface area contributed by atoms with Crippen LogP contribution in [0.2, 0.25) is 0 Å². The van der Waals surface area contributed by atoms with Gasteiger partial charge in [0.05, 0.1) is 5.69 Å². The van der Waals surface area contributed by atoms with Crippen molar-refractivity contribution in [3.05, 3.63) is 36.2 Å². The highest BCUT2D eigenvalue weighted by Crippen LogP contribution is 2.14. The molecule has 0 saturated carbocycles. The summed E-state index contributed by atoms with van der Waals surface area (Å²) in [5.41, 5.74) is 5.34. The Bertz CT molecular complexity index is 343. The zero-order valence-corrected chi connectivity index (χ0v) is 6.86. The molecule has 1 aromatic rings. The van der Waals surface area contributed by atoms with E-state index in [0.29, 0.717) is 10.9 Å². The third kappa shape index (κ3) is 1.31. The standard InChI is InChI=1S/C8H5ClN3/c9-8-5-7(11-12-8)6-3-1-2-4-10-6/h1-5H. The monoisotopic (exact) mass is 178 g/mol. The lowest BCUT2D eigenvalue weighted by Crippen LogP contribution is -1.93. The lowest BCUT2D eigenvalue weighted by molar-refractivity contribution is 0.984. The number of hydrogen-bond donors (Lipinski definition) is 0. The first-order valence-corrected chi connectivity index (χ1v) is 3.81. The van der Waals surface area contributed by atoms with E-state index in [2.05, 4.69) is 15.5 Å². The number of rotatable bonds is 1. The Kier molecular flexibility index (Phi) is 1.80. The van der Waals surface area contributed by atoms with Crippen molar-refractivity contribution in [2.75, 3.05) is 0 Å². The molecule has 0 bridgehead atoms. The molecule has 2 rings (SSSR count). The van der Waals surface area contributed by atoms with Gasteiger partial charge in [0, 0.05) is 12.3 Å². The summed E-state index contributed by atoms with van der Waals surface area (Å²) >= 11 is 5.61. The summed E-state index contributed by atoms with van der Waals surface area (Å²) in [4.78, 5) is 4.10. The SMILES string of the molecule is ClC1=N[N]C(c2ccccn2)=C1. The Morgan fingerprint density at radius 3 is 2.75 bits per heavy atom. The first-order valence-electron chi connectivity index (χ1n) is 3.43. The quantitative estimate of drug-likeness (QED) is 0.644. The lowest BCUT2D eigenvalue weighted by atomic mass is 10.3. The molecule has 1 aliphatic rings. The van der Waals surface area contributed by atoms with E-state index in [1.54, 1.807) is 12.3 Å². The summed E-state index contributed by atoms with van der Waals surface area (Å²) in [6.45, 7) is 0. The van der Waals surface area contributed by atoms with Crippen molar-refractivity contribution >= 4 is 22.5 Å². The molecule has 0 N–H and O–H groups in total. The van der Waals surface area contributed by atoms with Crippen molar-refractivity contribution in [3.8, 4) is 0 Å². The van der Waals surface area contributed by atoms with Gasteiger partial charge in [0.2, 0.25) is 0 Å². The second-order valence-electron chi connectivity index (χ2n) is 2.27. The second-order valence-corrected chi connectivity index (χ2v) is 2.65. The Balaban J connectivity index is 2.30. The number of pyridine rings is 1. The van der Waals surface area contributed by atoms with Crippen LogP contribution in [0, 0.1) is 0 Å². The third-order valence-electron chi connectivity index (χ3n) is 1.44. The number of halogens is 1. The Hall–Kier alpha value is -1.35. The molecule has 0 aliphatic carbocycles.